The van der Waals surface area contributed by atoms with Crippen molar-refractivity contribution in [3.8, 4) is 28.3 Å². The number of allylic oxidation sites excluding steroid dienone is 2. The Morgan fingerprint density at radius 3 is 1.98 bits per heavy atom. The first-order valence-corrected chi connectivity index (χ1v) is 19.6. The molecule has 0 N–H and O–H groups in total. The van der Waals surface area contributed by atoms with Gasteiger partial charge >= 0.3 is 0 Å². The standard InChI is InChI=1S/C53H37N3O/c1-4-16-36(17-5-1)43-23-12-14-26-48(43)55(42-32-33-50-47(35-42)45-25-13-15-27-49(45)56(50)40-21-8-3-9-22-40)41-30-28-37(29-31-41)46-34-39-20-10-11-24-44(39)52-51(46)54-53(57-52)38-18-6-2-7-19-38/h1-25,27-35,48H,26H2. The first-order valence-electron chi connectivity index (χ1n) is 19.6. The highest BCUT2D eigenvalue weighted by Gasteiger charge is 2.27. The summed E-state index contributed by atoms with van der Waals surface area (Å²) in [7, 11) is 0. The summed E-state index contributed by atoms with van der Waals surface area (Å²) < 4.78 is 8.92. The van der Waals surface area contributed by atoms with Crippen molar-refractivity contribution in [2.45, 2.75) is 12.5 Å². The molecule has 0 saturated carbocycles. The van der Waals surface area contributed by atoms with Crippen molar-refractivity contribution >= 4 is 60.6 Å². The molecule has 4 heteroatoms. The first kappa shape index (κ1) is 33.0. The normalized spacial score (nSPS) is 14.1. The second-order valence-corrected chi connectivity index (χ2v) is 14.7. The van der Waals surface area contributed by atoms with Crippen LogP contribution in [0.3, 0.4) is 0 Å². The molecule has 1 aliphatic carbocycles. The fraction of sp³-hybridized carbons (Fsp3) is 0.0377. The third kappa shape index (κ3) is 5.65. The Morgan fingerprint density at radius 2 is 1.19 bits per heavy atom. The summed E-state index contributed by atoms with van der Waals surface area (Å²) in [5.41, 5.74) is 13.1. The molecule has 57 heavy (non-hydrogen) atoms. The minimum atomic E-state index is 0.0690. The monoisotopic (exact) mass is 731 g/mol. The van der Waals surface area contributed by atoms with E-state index in [9.17, 15) is 0 Å². The second-order valence-electron chi connectivity index (χ2n) is 14.7. The highest BCUT2D eigenvalue weighted by Crippen LogP contribution is 2.43. The number of benzene rings is 8. The molecule has 1 atom stereocenters. The third-order valence-electron chi connectivity index (χ3n) is 11.4. The van der Waals surface area contributed by atoms with Crippen LogP contribution < -0.4 is 4.90 Å². The maximum absolute atomic E-state index is 6.54. The first-order chi connectivity index (χ1) is 28.3. The molecular weight excluding hydrogens is 695 g/mol. The lowest BCUT2D eigenvalue weighted by molar-refractivity contribution is 0.623. The van der Waals surface area contributed by atoms with Gasteiger partial charge < -0.3 is 13.9 Å². The molecule has 0 aliphatic heterocycles. The van der Waals surface area contributed by atoms with Crippen molar-refractivity contribution in [1.82, 2.24) is 9.55 Å². The molecule has 2 heterocycles. The lowest BCUT2D eigenvalue weighted by atomic mass is 9.90. The van der Waals surface area contributed by atoms with Crippen LogP contribution in [0.4, 0.5) is 11.4 Å². The van der Waals surface area contributed by atoms with Crippen molar-refractivity contribution in [1.29, 1.82) is 0 Å². The Morgan fingerprint density at radius 1 is 0.544 bits per heavy atom. The number of hydrogen-bond acceptors (Lipinski definition) is 3. The number of hydrogen-bond donors (Lipinski definition) is 0. The van der Waals surface area contributed by atoms with Crippen LogP contribution in [0.2, 0.25) is 0 Å². The fourth-order valence-corrected chi connectivity index (χ4v) is 8.72. The SMILES string of the molecule is C1=CCC(N(c2ccc(-c3cc4ccccc4c4oc(-c5ccccc5)nc34)cc2)c2ccc3c(c2)c2ccccc2n3-c2ccccc2)C(c2ccccc2)=C1. The Bertz CT molecular complexity index is 3140. The molecule has 0 bridgehead atoms. The molecular formula is C53H37N3O. The average Bonchev–Trinajstić information content (AvgIpc) is 3.88. The minimum Gasteiger partial charge on any atom is -0.435 e. The topological polar surface area (TPSA) is 34.2 Å². The van der Waals surface area contributed by atoms with Gasteiger partial charge in [0.2, 0.25) is 5.89 Å². The number of aromatic nitrogens is 2. The van der Waals surface area contributed by atoms with Gasteiger partial charge in [-0.25, -0.2) is 4.98 Å². The molecule has 10 aromatic rings. The number of anilines is 2. The molecule has 0 spiro atoms. The Labute approximate surface area is 330 Å². The molecule has 0 amide bonds. The molecule has 0 fully saturated rings. The molecule has 1 aliphatic rings. The molecule has 2 aromatic heterocycles. The van der Waals surface area contributed by atoms with Crippen molar-refractivity contribution < 1.29 is 4.42 Å². The van der Waals surface area contributed by atoms with Gasteiger partial charge in [0.15, 0.2) is 5.58 Å². The van der Waals surface area contributed by atoms with Crippen LogP contribution in [-0.2, 0) is 0 Å². The van der Waals surface area contributed by atoms with E-state index in [2.05, 4.69) is 185 Å². The molecule has 1 unspecified atom stereocenters. The van der Waals surface area contributed by atoms with Gasteiger partial charge in [-0.05, 0) is 95.2 Å². The predicted molar refractivity (Wildman–Crippen MR) is 237 cm³/mol. The van der Waals surface area contributed by atoms with E-state index >= 15 is 0 Å². The molecule has 8 aromatic carbocycles. The van der Waals surface area contributed by atoms with Crippen LogP contribution in [0.5, 0.6) is 0 Å². The van der Waals surface area contributed by atoms with Crippen LogP contribution in [0.15, 0.2) is 211 Å². The van der Waals surface area contributed by atoms with Crippen molar-refractivity contribution in [3.05, 3.63) is 212 Å². The van der Waals surface area contributed by atoms with E-state index in [1.807, 2.05) is 30.3 Å². The maximum atomic E-state index is 6.54. The van der Waals surface area contributed by atoms with E-state index in [-0.39, 0.29) is 6.04 Å². The number of fused-ring (bicyclic) bond motifs is 6. The van der Waals surface area contributed by atoms with E-state index in [1.54, 1.807) is 0 Å². The van der Waals surface area contributed by atoms with E-state index in [0.717, 1.165) is 62.0 Å². The molecule has 4 nitrogen and oxygen atoms in total. The summed E-state index contributed by atoms with van der Waals surface area (Å²) in [5.74, 6) is 0.626. The summed E-state index contributed by atoms with van der Waals surface area (Å²) in [6.45, 7) is 0. The summed E-state index contributed by atoms with van der Waals surface area (Å²) in [6.07, 6.45) is 7.65. The summed E-state index contributed by atoms with van der Waals surface area (Å²) in [4.78, 5) is 7.64. The lowest BCUT2D eigenvalue weighted by Gasteiger charge is -2.36. The average molecular weight is 732 g/mol. The highest BCUT2D eigenvalue weighted by atomic mass is 16.3. The number of para-hydroxylation sites is 2. The zero-order chi connectivity index (χ0) is 37.7. The van der Waals surface area contributed by atoms with Crippen LogP contribution in [0, 0.1) is 0 Å². The third-order valence-corrected chi connectivity index (χ3v) is 11.4. The quantitative estimate of drug-likeness (QED) is 0.164. The Kier molecular flexibility index (Phi) is 7.92. The van der Waals surface area contributed by atoms with Gasteiger partial charge in [-0.3, -0.25) is 0 Å². The van der Waals surface area contributed by atoms with Gasteiger partial charge in [-0.15, -0.1) is 0 Å². The van der Waals surface area contributed by atoms with Gasteiger partial charge in [0.05, 0.1) is 17.1 Å². The molecule has 11 rings (SSSR count). The van der Waals surface area contributed by atoms with Crippen LogP contribution in [0.1, 0.15) is 12.0 Å². The highest BCUT2D eigenvalue weighted by molar-refractivity contribution is 6.11. The largest absolute Gasteiger partial charge is 0.435 e. The second kappa shape index (κ2) is 13.7. The predicted octanol–water partition coefficient (Wildman–Crippen LogP) is 14.0. The van der Waals surface area contributed by atoms with Crippen LogP contribution >= 0.6 is 0 Å². The summed E-state index contributed by atoms with van der Waals surface area (Å²) in [5, 5.41) is 4.64. The smallest absolute Gasteiger partial charge is 0.227 e. The fourth-order valence-electron chi connectivity index (χ4n) is 8.72. The van der Waals surface area contributed by atoms with Crippen molar-refractivity contribution in [2.75, 3.05) is 4.90 Å². The molecule has 270 valence electrons. The van der Waals surface area contributed by atoms with Gasteiger partial charge in [-0.2, -0.15) is 0 Å². The van der Waals surface area contributed by atoms with Gasteiger partial charge in [0, 0.05) is 44.3 Å². The zero-order valence-corrected chi connectivity index (χ0v) is 31.2. The number of rotatable bonds is 7. The van der Waals surface area contributed by atoms with E-state index in [1.165, 1.54) is 32.9 Å². The Hall–Kier alpha value is -7.43. The van der Waals surface area contributed by atoms with Crippen molar-refractivity contribution in [3.63, 3.8) is 0 Å². The number of oxazole rings is 1. The van der Waals surface area contributed by atoms with Crippen molar-refractivity contribution in [2.24, 2.45) is 0 Å². The summed E-state index contributed by atoms with van der Waals surface area (Å²) >= 11 is 0. The number of nitrogens with zero attached hydrogens (tertiary/aromatic N) is 3. The van der Waals surface area contributed by atoms with Gasteiger partial charge in [-0.1, -0.05) is 140 Å². The zero-order valence-electron chi connectivity index (χ0n) is 31.2. The lowest BCUT2D eigenvalue weighted by Crippen LogP contribution is -2.33. The summed E-state index contributed by atoms with van der Waals surface area (Å²) in [6, 6.07) is 67.1. The minimum absolute atomic E-state index is 0.0690. The molecule has 0 radical (unpaired) electrons. The van der Waals surface area contributed by atoms with Crippen LogP contribution in [0.25, 0.3) is 77.5 Å². The van der Waals surface area contributed by atoms with Gasteiger partial charge in [0.1, 0.15) is 5.52 Å². The maximum Gasteiger partial charge on any atom is 0.227 e. The Balaban J connectivity index is 1.08. The van der Waals surface area contributed by atoms with Crippen LogP contribution in [-0.4, -0.2) is 15.6 Å². The van der Waals surface area contributed by atoms with E-state index in [0.29, 0.717) is 5.89 Å². The van der Waals surface area contributed by atoms with Gasteiger partial charge in [0.25, 0.3) is 0 Å². The van der Waals surface area contributed by atoms with E-state index in [4.69, 9.17) is 9.40 Å². The molecule has 0 saturated heterocycles. The van der Waals surface area contributed by atoms with E-state index < -0.39 is 0 Å².